The summed E-state index contributed by atoms with van der Waals surface area (Å²) in [5, 5.41) is 24.5. The summed E-state index contributed by atoms with van der Waals surface area (Å²) < 4.78 is 1.74. The molecule has 2 aromatic carbocycles. The molecular weight excluding hydrogens is 396 g/mol. The third kappa shape index (κ3) is 3.41. The van der Waals surface area contributed by atoms with E-state index in [0.717, 1.165) is 48.6 Å². The van der Waals surface area contributed by atoms with E-state index in [1.165, 1.54) is 6.07 Å². The van der Waals surface area contributed by atoms with Crippen molar-refractivity contribution in [2.75, 3.05) is 36.0 Å². The molecule has 4 aromatic rings. The molecule has 0 spiro atoms. The van der Waals surface area contributed by atoms with Crippen molar-refractivity contribution >= 4 is 28.2 Å². The SMILES string of the molecule is Cc1cc(N2CCN(c3nnnn3-c3ccccc3)CC2)c2cccc([N+](=O)[O-])c2n1. The van der Waals surface area contributed by atoms with Crippen LogP contribution in [0.2, 0.25) is 0 Å². The van der Waals surface area contributed by atoms with Crippen LogP contribution in [0.4, 0.5) is 17.3 Å². The highest BCUT2D eigenvalue weighted by molar-refractivity contribution is 5.97. The summed E-state index contributed by atoms with van der Waals surface area (Å²) in [5.74, 6) is 0.706. The molecule has 0 bridgehead atoms. The molecular formula is C21H20N8O2. The maximum Gasteiger partial charge on any atom is 0.295 e. The Bertz CT molecular complexity index is 1250. The number of fused-ring (bicyclic) bond motifs is 1. The Morgan fingerprint density at radius 3 is 2.45 bits per heavy atom. The number of para-hydroxylation sites is 2. The lowest BCUT2D eigenvalue weighted by molar-refractivity contribution is -0.383. The summed E-state index contributed by atoms with van der Waals surface area (Å²) >= 11 is 0. The van der Waals surface area contributed by atoms with Crippen LogP contribution < -0.4 is 9.80 Å². The zero-order valence-corrected chi connectivity index (χ0v) is 16.9. The fourth-order valence-corrected chi connectivity index (χ4v) is 4.01. The van der Waals surface area contributed by atoms with Gasteiger partial charge in [-0.25, -0.2) is 4.98 Å². The van der Waals surface area contributed by atoms with E-state index in [2.05, 4.69) is 30.3 Å². The Balaban J connectivity index is 1.42. The van der Waals surface area contributed by atoms with Gasteiger partial charge in [0.1, 0.15) is 0 Å². The van der Waals surface area contributed by atoms with Crippen molar-refractivity contribution in [3.63, 3.8) is 0 Å². The van der Waals surface area contributed by atoms with E-state index in [1.54, 1.807) is 10.7 Å². The highest BCUT2D eigenvalue weighted by atomic mass is 16.6. The number of rotatable bonds is 4. The predicted octanol–water partition coefficient (Wildman–Crippen LogP) is 2.75. The van der Waals surface area contributed by atoms with Gasteiger partial charge in [-0.3, -0.25) is 10.1 Å². The monoisotopic (exact) mass is 416 g/mol. The first-order chi connectivity index (χ1) is 15.1. The summed E-state index contributed by atoms with van der Waals surface area (Å²) in [7, 11) is 0. The van der Waals surface area contributed by atoms with Crippen molar-refractivity contribution in [2.45, 2.75) is 6.92 Å². The molecule has 0 atom stereocenters. The molecule has 0 unspecified atom stereocenters. The van der Waals surface area contributed by atoms with Gasteiger partial charge in [0.25, 0.3) is 5.69 Å². The standard InChI is InChI=1S/C21H20N8O2/c1-15-14-19(17-8-5-9-18(29(30)31)20(17)22-15)26-10-12-27(13-11-26)21-23-24-25-28(21)16-6-3-2-4-7-16/h2-9,14H,10-13H2,1H3. The second-order valence-electron chi connectivity index (χ2n) is 7.41. The molecule has 1 fully saturated rings. The number of pyridine rings is 1. The number of anilines is 2. The maximum atomic E-state index is 11.5. The number of nitro benzene ring substituents is 1. The number of non-ortho nitro benzene ring substituents is 1. The van der Waals surface area contributed by atoms with E-state index in [4.69, 9.17) is 0 Å². The van der Waals surface area contributed by atoms with Crippen molar-refractivity contribution in [3.8, 4) is 5.69 Å². The number of tetrazole rings is 1. The van der Waals surface area contributed by atoms with Gasteiger partial charge in [0, 0.05) is 49.0 Å². The van der Waals surface area contributed by atoms with E-state index < -0.39 is 0 Å². The number of benzene rings is 2. The Morgan fingerprint density at radius 1 is 0.968 bits per heavy atom. The van der Waals surface area contributed by atoms with Gasteiger partial charge in [-0.15, -0.1) is 0 Å². The molecule has 10 heteroatoms. The van der Waals surface area contributed by atoms with Crippen LogP contribution in [-0.2, 0) is 0 Å². The lowest BCUT2D eigenvalue weighted by Gasteiger charge is -2.36. The maximum absolute atomic E-state index is 11.5. The summed E-state index contributed by atoms with van der Waals surface area (Å²) in [5.41, 5.74) is 3.09. The van der Waals surface area contributed by atoms with Crippen LogP contribution in [0.1, 0.15) is 5.69 Å². The fourth-order valence-electron chi connectivity index (χ4n) is 4.01. The topological polar surface area (TPSA) is 106 Å². The van der Waals surface area contributed by atoms with E-state index in [0.29, 0.717) is 11.5 Å². The zero-order chi connectivity index (χ0) is 21.4. The van der Waals surface area contributed by atoms with E-state index in [-0.39, 0.29) is 10.6 Å². The smallest absolute Gasteiger partial charge is 0.295 e. The Labute approximate surface area is 177 Å². The quantitative estimate of drug-likeness (QED) is 0.369. The normalized spacial score (nSPS) is 14.2. The largest absolute Gasteiger partial charge is 0.367 e. The van der Waals surface area contributed by atoms with Crippen molar-refractivity contribution in [1.29, 1.82) is 0 Å². The zero-order valence-electron chi connectivity index (χ0n) is 16.9. The number of nitro groups is 1. The van der Waals surface area contributed by atoms with Crippen LogP contribution in [0.15, 0.2) is 54.6 Å². The number of piperazine rings is 1. The van der Waals surface area contributed by atoms with E-state index in [9.17, 15) is 10.1 Å². The number of hydrogen-bond acceptors (Lipinski definition) is 8. The minimum atomic E-state index is -0.375. The van der Waals surface area contributed by atoms with Gasteiger partial charge in [-0.2, -0.15) is 4.68 Å². The molecule has 1 saturated heterocycles. The second kappa shape index (κ2) is 7.63. The molecule has 0 N–H and O–H groups in total. The first-order valence-electron chi connectivity index (χ1n) is 10.0. The average Bonchev–Trinajstić information content (AvgIpc) is 3.29. The first-order valence-corrected chi connectivity index (χ1v) is 10.0. The van der Waals surface area contributed by atoms with Crippen LogP contribution >= 0.6 is 0 Å². The van der Waals surface area contributed by atoms with Gasteiger partial charge >= 0.3 is 0 Å². The fraction of sp³-hybridized carbons (Fsp3) is 0.238. The Hall–Kier alpha value is -4.08. The van der Waals surface area contributed by atoms with Gasteiger partial charge in [0.05, 0.1) is 10.6 Å². The summed E-state index contributed by atoms with van der Waals surface area (Å²) in [4.78, 5) is 19.9. The minimum Gasteiger partial charge on any atom is -0.367 e. The molecule has 31 heavy (non-hydrogen) atoms. The third-order valence-corrected chi connectivity index (χ3v) is 5.48. The summed E-state index contributed by atoms with van der Waals surface area (Å²) in [6.45, 7) is 4.80. The van der Waals surface area contributed by atoms with Gasteiger partial charge in [-0.1, -0.05) is 35.4 Å². The molecule has 1 aliphatic heterocycles. The van der Waals surface area contributed by atoms with Crippen molar-refractivity contribution in [3.05, 3.63) is 70.4 Å². The summed E-state index contributed by atoms with van der Waals surface area (Å²) in [6, 6.07) is 16.9. The Kier molecular flexibility index (Phi) is 4.66. The average molecular weight is 416 g/mol. The molecule has 156 valence electrons. The number of aryl methyl sites for hydroxylation is 1. The molecule has 0 radical (unpaired) electrons. The van der Waals surface area contributed by atoms with Crippen LogP contribution in [0.3, 0.4) is 0 Å². The highest BCUT2D eigenvalue weighted by Gasteiger charge is 2.25. The number of hydrogen-bond donors (Lipinski definition) is 0. The van der Waals surface area contributed by atoms with Crippen molar-refractivity contribution < 1.29 is 4.92 Å². The molecule has 2 aromatic heterocycles. The van der Waals surface area contributed by atoms with Gasteiger partial charge in [0.2, 0.25) is 5.95 Å². The van der Waals surface area contributed by atoms with Crippen molar-refractivity contribution in [1.82, 2.24) is 25.2 Å². The predicted molar refractivity (Wildman–Crippen MR) is 117 cm³/mol. The van der Waals surface area contributed by atoms with Crippen LogP contribution in [0.5, 0.6) is 0 Å². The number of aromatic nitrogens is 5. The van der Waals surface area contributed by atoms with E-state index in [1.807, 2.05) is 49.4 Å². The van der Waals surface area contributed by atoms with Gasteiger partial charge < -0.3 is 9.80 Å². The minimum absolute atomic E-state index is 0.0307. The number of nitrogens with zero attached hydrogens (tertiary/aromatic N) is 8. The molecule has 3 heterocycles. The van der Waals surface area contributed by atoms with Crippen LogP contribution in [0, 0.1) is 17.0 Å². The molecule has 0 amide bonds. The second-order valence-corrected chi connectivity index (χ2v) is 7.41. The highest BCUT2D eigenvalue weighted by Crippen LogP contribution is 2.33. The summed E-state index contributed by atoms with van der Waals surface area (Å²) in [6.07, 6.45) is 0. The van der Waals surface area contributed by atoms with Crippen molar-refractivity contribution in [2.24, 2.45) is 0 Å². The van der Waals surface area contributed by atoms with Crippen LogP contribution in [0.25, 0.3) is 16.6 Å². The lowest BCUT2D eigenvalue weighted by Crippen LogP contribution is -2.47. The molecule has 10 nitrogen and oxygen atoms in total. The molecule has 1 aliphatic rings. The van der Waals surface area contributed by atoms with E-state index >= 15 is 0 Å². The Morgan fingerprint density at radius 2 is 1.71 bits per heavy atom. The molecule has 0 aliphatic carbocycles. The first kappa shape index (κ1) is 18.9. The third-order valence-electron chi connectivity index (χ3n) is 5.48. The van der Waals surface area contributed by atoms with Crippen LogP contribution in [-0.4, -0.2) is 56.3 Å². The lowest BCUT2D eigenvalue weighted by atomic mass is 10.1. The molecule has 0 saturated carbocycles. The van der Waals surface area contributed by atoms with Gasteiger partial charge in [-0.05, 0) is 35.5 Å². The molecule has 5 rings (SSSR count). The van der Waals surface area contributed by atoms with Gasteiger partial charge in [0.15, 0.2) is 5.52 Å².